The van der Waals surface area contributed by atoms with E-state index in [1.807, 2.05) is 30.5 Å². The summed E-state index contributed by atoms with van der Waals surface area (Å²) in [5, 5.41) is 0. The molecule has 4 heteroatoms. The summed E-state index contributed by atoms with van der Waals surface area (Å²) in [4.78, 5) is 11.5. The van der Waals surface area contributed by atoms with Crippen LogP contribution in [0.25, 0.3) is 0 Å². The summed E-state index contributed by atoms with van der Waals surface area (Å²) in [7, 11) is 0. The van der Waals surface area contributed by atoms with Crippen LogP contribution in [0.1, 0.15) is 6.42 Å². The molecule has 14 heavy (non-hydrogen) atoms. The lowest BCUT2D eigenvalue weighted by molar-refractivity contribution is -0.118. The Bertz CT molecular complexity index is 315. The zero-order valence-corrected chi connectivity index (χ0v) is 8.84. The standard InChI is InChI=1S/C10H13NO2S/c1-14-9-5-3-2-4-8(9)13-7-6-10(11)12/h2-5H,6-7H2,1H3,(H2,11,12). The summed E-state index contributed by atoms with van der Waals surface area (Å²) in [6, 6.07) is 7.71. The lowest BCUT2D eigenvalue weighted by atomic mass is 10.3. The molecule has 0 aliphatic rings. The Morgan fingerprint density at radius 1 is 1.50 bits per heavy atom. The number of hydrogen-bond donors (Lipinski definition) is 1. The third-order valence-electron chi connectivity index (χ3n) is 1.68. The highest BCUT2D eigenvalue weighted by atomic mass is 32.2. The first-order chi connectivity index (χ1) is 6.74. The Hall–Kier alpha value is -1.16. The van der Waals surface area contributed by atoms with Crippen LogP contribution >= 0.6 is 11.8 Å². The van der Waals surface area contributed by atoms with E-state index in [1.165, 1.54) is 0 Å². The summed E-state index contributed by atoms with van der Waals surface area (Å²) in [6.45, 7) is 0.340. The molecule has 0 unspecified atom stereocenters. The molecule has 3 nitrogen and oxygen atoms in total. The molecule has 0 bridgehead atoms. The molecule has 0 heterocycles. The van der Waals surface area contributed by atoms with Gasteiger partial charge < -0.3 is 10.5 Å². The maximum absolute atomic E-state index is 10.5. The SMILES string of the molecule is CSc1ccccc1OCCC(N)=O. The van der Waals surface area contributed by atoms with Crippen LogP contribution in [0.2, 0.25) is 0 Å². The van der Waals surface area contributed by atoms with Crippen molar-refractivity contribution in [3.8, 4) is 5.75 Å². The van der Waals surface area contributed by atoms with Gasteiger partial charge >= 0.3 is 0 Å². The number of para-hydroxylation sites is 1. The van der Waals surface area contributed by atoms with Crippen LogP contribution in [0.3, 0.4) is 0 Å². The normalized spacial score (nSPS) is 9.79. The fraction of sp³-hybridized carbons (Fsp3) is 0.300. The lowest BCUT2D eigenvalue weighted by Crippen LogP contribution is -2.14. The number of benzene rings is 1. The molecule has 1 aromatic carbocycles. The molecule has 0 saturated heterocycles. The second-order valence-electron chi connectivity index (χ2n) is 2.72. The van der Waals surface area contributed by atoms with Crippen LogP contribution in [0.5, 0.6) is 5.75 Å². The third kappa shape index (κ3) is 3.30. The molecule has 0 aromatic heterocycles. The molecule has 0 saturated carbocycles. The molecule has 1 aromatic rings. The van der Waals surface area contributed by atoms with Crippen molar-refractivity contribution < 1.29 is 9.53 Å². The van der Waals surface area contributed by atoms with E-state index >= 15 is 0 Å². The molecule has 0 aliphatic carbocycles. The first-order valence-electron chi connectivity index (χ1n) is 4.28. The van der Waals surface area contributed by atoms with Crippen LogP contribution in [-0.4, -0.2) is 18.8 Å². The van der Waals surface area contributed by atoms with E-state index in [4.69, 9.17) is 10.5 Å². The van der Waals surface area contributed by atoms with Gasteiger partial charge in [0.25, 0.3) is 0 Å². The molecule has 0 spiro atoms. The highest BCUT2D eigenvalue weighted by Crippen LogP contribution is 2.26. The van der Waals surface area contributed by atoms with Crippen LogP contribution in [0.4, 0.5) is 0 Å². The van der Waals surface area contributed by atoms with Gasteiger partial charge in [-0.1, -0.05) is 12.1 Å². The Morgan fingerprint density at radius 3 is 2.86 bits per heavy atom. The molecular formula is C10H13NO2S. The number of carbonyl (C=O) groups excluding carboxylic acids is 1. The largest absolute Gasteiger partial charge is 0.492 e. The molecule has 76 valence electrons. The van der Waals surface area contributed by atoms with Crippen molar-refractivity contribution in [3.63, 3.8) is 0 Å². The summed E-state index contributed by atoms with van der Waals surface area (Å²) >= 11 is 1.61. The molecule has 0 atom stereocenters. The number of carbonyl (C=O) groups is 1. The van der Waals surface area contributed by atoms with E-state index in [2.05, 4.69) is 0 Å². The molecule has 1 amide bonds. The Morgan fingerprint density at radius 2 is 2.21 bits per heavy atom. The first kappa shape index (κ1) is 10.9. The number of thioether (sulfide) groups is 1. The average Bonchev–Trinajstić information content (AvgIpc) is 2.18. The van der Waals surface area contributed by atoms with E-state index in [-0.39, 0.29) is 12.3 Å². The number of hydrogen-bond acceptors (Lipinski definition) is 3. The Balaban J connectivity index is 2.53. The van der Waals surface area contributed by atoms with Crippen LogP contribution in [0.15, 0.2) is 29.2 Å². The van der Waals surface area contributed by atoms with Crippen molar-refractivity contribution >= 4 is 17.7 Å². The average molecular weight is 211 g/mol. The number of nitrogens with two attached hydrogens (primary N) is 1. The number of ether oxygens (including phenoxy) is 1. The number of primary amides is 1. The van der Waals surface area contributed by atoms with E-state index in [0.717, 1.165) is 10.6 Å². The minimum atomic E-state index is -0.341. The maximum Gasteiger partial charge on any atom is 0.220 e. The van der Waals surface area contributed by atoms with Gasteiger partial charge in [-0.25, -0.2) is 0 Å². The first-order valence-corrected chi connectivity index (χ1v) is 5.50. The van der Waals surface area contributed by atoms with Gasteiger partial charge in [-0.15, -0.1) is 11.8 Å². The summed E-state index contributed by atoms with van der Waals surface area (Å²) in [5.74, 6) is 0.466. The van der Waals surface area contributed by atoms with Crippen molar-refractivity contribution in [2.45, 2.75) is 11.3 Å². The fourth-order valence-corrected chi connectivity index (χ4v) is 1.54. The maximum atomic E-state index is 10.5. The van der Waals surface area contributed by atoms with Crippen molar-refractivity contribution in [1.29, 1.82) is 0 Å². The quantitative estimate of drug-likeness (QED) is 0.754. The van der Waals surface area contributed by atoms with Crippen LogP contribution in [-0.2, 0) is 4.79 Å². The van der Waals surface area contributed by atoms with Gasteiger partial charge in [-0.2, -0.15) is 0 Å². The highest BCUT2D eigenvalue weighted by Gasteiger charge is 2.01. The molecule has 0 fully saturated rings. The zero-order chi connectivity index (χ0) is 10.4. The van der Waals surface area contributed by atoms with E-state index in [9.17, 15) is 4.79 Å². The minimum absolute atomic E-state index is 0.253. The summed E-state index contributed by atoms with van der Waals surface area (Å²) in [6.07, 6.45) is 2.24. The Labute approximate surface area is 87.6 Å². The van der Waals surface area contributed by atoms with Crippen LogP contribution < -0.4 is 10.5 Å². The minimum Gasteiger partial charge on any atom is -0.492 e. The Kier molecular flexibility index (Phi) is 4.32. The predicted molar refractivity (Wildman–Crippen MR) is 57.5 cm³/mol. The predicted octanol–water partition coefficient (Wildman–Crippen LogP) is 1.66. The van der Waals surface area contributed by atoms with Crippen molar-refractivity contribution in [3.05, 3.63) is 24.3 Å². The monoisotopic (exact) mass is 211 g/mol. The molecule has 0 aliphatic heterocycles. The van der Waals surface area contributed by atoms with E-state index in [1.54, 1.807) is 11.8 Å². The third-order valence-corrected chi connectivity index (χ3v) is 2.45. The number of rotatable bonds is 5. The van der Waals surface area contributed by atoms with Gasteiger partial charge in [0.05, 0.1) is 13.0 Å². The summed E-state index contributed by atoms with van der Waals surface area (Å²) < 4.78 is 5.42. The lowest BCUT2D eigenvalue weighted by Gasteiger charge is -2.08. The van der Waals surface area contributed by atoms with Gasteiger partial charge in [-0.05, 0) is 18.4 Å². The number of amides is 1. The van der Waals surface area contributed by atoms with Gasteiger partial charge in [-0.3, -0.25) is 4.79 Å². The molecule has 1 rings (SSSR count). The van der Waals surface area contributed by atoms with Crippen molar-refractivity contribution in [2.24, 2.45) is 5.73 Å². The topological polar surface area (TPSA) is 52.3 Å². The molecular weight excluding hydrogens is 198 g/mol. The van der Waals surface area contributed by atoms with Gasteiger partial charge in [0.15, 0.2) is 0 Å². The highest BCUT2D eigenvalue weighted by molar-refractivity contribution is 7.98. The zero-order valence-electron chi connectivity index (χ0n) is 8.03. The fourth-order valence-electron chi connectivity index (χ4n) is 1.000. The smallest absolute Gasteiger partial charge is 0.220 e. The summed E-state index contributed by atoms with van der Waals surface area (Å²) in [5.41, 5.74) is 5.00. The van der Waals surface area contributed by atoms with Crippen LogP contribution in [0, 0.1) is 0 Å². The second kappa shape index (κ2) is 5.54. The van der Waals surface area contributed by atoms with Gasteiger partial charge in [0.2, 0.25) is 5.91 Å². The van der Waals surface area contributed by atoms with E-state index < -0.39 is 0 Å². The molecule has 0 radical (unpaired) electrons. The molecule has 2 N–H and O–H groups in total. The van der Waals surface area contributed by atoms with Gasteiger partial charge in [0, 0.05) is 4.90 Å². The second-order valence-corrected chi connectivity index (χ2v) is 3.56. The van der Waals surface area contributed by atoms with Crippen molar-refractivity contribution in [2.75, 3.05) is 12.9 Å². The van der Waals surface area contributed by atoms with E-state index in [0.29, 0.717) is 6.61 Å². The van der Waals surface area contributed by atoms with Crippen molar-refractivity contribution in [1.82, 2.24) is 0 Å². The van der Waals surface area contributed by atoms with Gasteiger partial charge in [0.1, 0.15) is 5.75 Å².